The molecule has 4 unspecified atom stereocenters. The summed E-state index contributed by atoms with van der Waals surface area (Å²) in [6.45, 7) is 3.59. The van der Waals surface area contributed by atoms with Crippen molar-refractivity contribution in [1.82, 2.24) is 0 Å². The summed E-state index contributed by atoms with van der Waals surface area (Å²) in [5.41, 5.74) is 2.17. The standard InChI is InChI=1S/C33H41F3/c1-4-6-7-8-9-10-24(3)11-12-25(5-2)26-13-15-27(16-14-26)28-17-19-29(20-18-28)30-21-31(23-34)33(36)32(35)22-30/h2,13,15,17-22,24-27H,4,6-12,14,16,23H2,1,3H3. The van der Waals surface area contributed by atoms with Gasteiger partial charge in [0.1, 0.15) is 6.67 Å². The molecule has 2 aromatic rings. The Morgan fingerprint density at radius 3 is 2.31 bits per heavy atom. The number of hydrogen-bond acceptors (Lipinski definition) is 0. The summed E-state index contributed by atoms with van der Waals surface area (Å²) in [6, 6.07) is 10.4. The van der Waals surface area contributed by atoms with Gasteiger partial charge in [-0.05, 0) is 66.3 Å². The highest BCUT2D eigenvalue weighted by molar-refractivity contribution is 5.65. The quantitative estimate of drug-likeness (QED) is 0.148. The SMILES string of the molecule is C#CC(CCC(C)CCCCCCC)C1C=CC(c2ccc(-c3cc(F)c(F)c(CF)c3)cc2)CC1. The number of allylic oxidation sites excluding steroid dienone is 2. The lowest BCUT2D eigenvalue weighted by Crippen LogP contribution is -2.17. The third kappa shape index (κ3) is 7.76. The van der Waals surface area contributed by atoms with Crippen LogP contribution in [0.25, 0.3) is 11.1 Å². The molecule has 2 aromatic carbocycles. The summed E-state index contributed by atoms with van der Waals surface area (Å²) in [7, 11) is 0. The van der Waals surface area contributed by atoms with Crippen molar-refractivity contribution < 1.29 is 13.2 Å². The van der Waals surface area contributed by atoms with E-state index in [1.54, 1.807) is 0 Å². The van der Waals surface area contributed by atoms with Gasteiger partial charge in [-0.3, -0.25) is 0 Å². The first-order valence-electron chi connectivity index (χ1n) is 13.7. The Balaban J connectivity index is 1.53. The fourth-order valence-corrected chi connectivity index (χ4v) is 5.41. The molecule has 0 bridgehead atoms. The molecule has 0 N–H and O–H groups in total. The van der Waals surface area contributed by atoms with Crippen molar-refractivity contribution in [2.45, 2.75) is 90.6 Å². The molecule has 0 fully saturated rings. The van der Waals surface area contributed by atoms with Crippen molar-refractivity contribution in [2.75, 3.05) is 0 Å². The molecule has 1 aliphatic carbocycles. The van der Waals surface area contributed by atoms with E-state index in [0.29, 0.717) is 23.3 Å². The molecule has 0 heterocycles. The van der Waals surface area contributed by atoms with E-state index in [0.717, 1.165) is 36.8 Å². The largest absolute Gasteiger partial charge is 0.246 e. The van der Waals surface area contributed by atoms with Crippen molar-refractivity contribution in [2.24, 2.45) is 17.8 Å². The first-order valence-corrected chi connectivity index (χ1v) is 13.7. The van der Waals surface area contributed by atoms with Crippen LogP contribution in [0.5, 0.6) is 0 Å². The average Bonchev–Trinajstić information content (AvgIpc) is 2.91. The Labute approximate surface area is 216 Å². The molecular formula is C33H41F3. The molecule has 36 heavy (non-hydrogen) atoms. The lowest BCUT2D eigenvalue weighted by atomic mass is 9.77. The van der Waals surface area contributed by atoms with E-state index < -0.39 is 18.3 Å². The highest BCUT2D eigenvalue weighted by atomic mass is 19.2. The van der Waals surface area contributed by atoms with Gasteiger partial charge in [-0.25, -0.2) is 13.2 Å². The molecule has 0 nitrogen and oxygen atoms in total. The molecule has 0 aromatic heterocycles. The molecule has 0 aliphatic heterocycles. The molecule has 0 saturated carbocycles. The lowest BCUT2D eigenvalue weighted by Gasteiger charge is -2.28. The second kappa shape index (κ2) is 14.3. The van der Waals surface area contributed by atoms with E-state index in [1.807, 2.05) is 24.3 Å². The zero-order valence-corrected chi connectivity index (χ0v) is 21.9. The second-order valence-corrected chi connectivity index (χ2v) is 10.6. The molecule has 4 atom stereocenters. The van der Waals surface area contributed by atoms with Crippen molar-refractivity contribution in [1.29, 1.82) is 0 Å². The van der Waals surface area contributed by atoms with Crippen LogP contribution in [0.1, 0.15) is 95.1 Å². The molecule has 0 amide bonds. The van der Waals surface area contributed by atoms with Crippen LogP contribution in [0.15, 0.2) is 48.6 Å². The molecule has 194 valence electrons. The number of benzene rings is 2. The first-order chi connectivity index (χ1) is 17.5. The monoisotopic (exact) mass is 494 g/mol. The Morgan fingerprint density at radius 2 is 1.67 bits per heavy atom. The number of alkyl halides is 1. The molecule has 1 aliphatic rings. The normalized spacial score (nSPS) is 19.1. The van der Waals surface area contributed by atoms with Crippen LogP contribution in [0, 0.1) is 41.7 Å². The Hall–Kier alpha value is -2.47. The van der Waals surface area contributed by atoms with E-state index in [9.17, 15) is 13.2 Å². The number of unbranched alkanes of at least 4 members (excludes halogenated alkanes) is 4. The zero-order valence-electron chi connectivity index (χ0n) is 21.9. The van der Waals surface area contributed by atoms with Gasteiger partial charge in [0, 0.05) is 17.4 Å². The fourth-order valence-electron chi connectivity index (χ4n) is 5.41. The van der Waals surface area contributed by atoms with Crippen molar-refractivity contribution in [3.63, 3.8) is 0 Å². The van der Waals surface area contributed by atoms with Crippen molar-refractivity contribution in [3.05, 3.63) is 71.3 Å². The number of terminal acetylenes is 1. The predicted octanol–water partition coefficient (Wildman–Crippen LogP) is 10.2. The Kier molecular flexibility index (Phi) is 11.2. The van der Waals surface area contributed by atoms with E-state index >= 15 is 0 Å². The van der Waals surface area contributed by atoms with Gasteiger partial charge in [0.05, 0.1) is 0 Å². The van der Waals surface area contributed by atoms with Crippen LogP contribution in [0.3, 0.4) is 0 Å². The molecular weight excluding hydrogens is 453 g/mol. The third-order valence-corrected chi connectivity index (χ3v) is 7.82. The second-order valence-electron chi connectivity index (χ2n) is 10.6. The topological polar surface area (TPSA) is 0 Å². The van der Waals surface area contributed by atoms with E-state index in [1.165, 1.54) is 56.6 Å². The van der Waals surface area contributed by atoms with Gasteiger partial charge in [0.25, 0.3) is 0 Å². The van der Waals surface area contributed by atoms with Crippen molar-refractivity contribution >= 4 is 0 Å². The smallest absolute Gasteiger partial charge is 0.164 e. The number of halogens is 3. The van der Waals surface area contributed by atoms with Gasteiger partial charge >= 0.3 is 0 Å². The van der Waals surface area contributed by atoms with E-state index in [4.69, 9.17) is 6.42 Å². The van der Waals surface area contributed by atoms with Gasteiger partial charge in [-0.1, -0.05) is 88.8 Å². The first kappa shape index (κ1) is 28.1. The minimum atomic E-state index is -1.11. The summed E-state index contributed by atoms with van der Waals surface area (Å²) in [5.74, 6) is 2.73. The van der Waals surface area contributed by atoms with Crippen LogP contribution >= 0.6 is 0 Å². The van der Waals surface area contributed by atoms with Crippen LogP contribution in [-0.4, -0.2) is 0 Å². The Bertz CT molecular complexity index is 1010. The highest BCUT2D eigenvalue weighted by Gasteiger charge is 2.23. The van der Waals surface area contributed by atoms with E-state index in [-0.39, 0.29) is 5.56 Å². The predicted molar refractivity (Wildman–Crippen MR) is 145 cm³/mol. The number of rotatable bonds is 13. The summed E-state index contributed by atoms with van der Waals surface area (Å²) < 4.78 is 40.5. The van der Waals surface area contributed by atoms with Gasteiger partial charge in [0.15, 0.2) is 11.6 Å². The highest BCUT2D eigenvalue weighted by Crippen LogP contribution is 2.36. The van der Waals surface area contributed by atoms with Gasteiger partial charge in [-0.15, -0.1) is 12.3 Å². The average molecular weight is 495 g/mol. The molecule has 0 saturated heterocycles. The molecule has 3 heteroatoms. The fraction of sp³-hybridized carbons (Fsp3) is 0.515. The maximum atomic E-state index is 13.8. The van der Waals surface area contributed by atoms with Crippen LogP contribution < -0.4 is 0 Å². The van der Waals surface area contributed by atoms with Crippen LogP contribution in [-0.2, 0) is 6.67 Å². The maximum Gasteiger partial charge on any atom is 0.164 e. The summed E-state index contributed by atoms with van der Waals surface area (Å²) in [4.78, 5) is 0. The Morgan fingerprint density at radius 1 is 0.917 bits per heavy atom. The van der Waals surface area contributed by atoms with Gasteiger partial charge in [-0.2, -0.15) is 0 Å². The van der Waals surface area contributed by atoms with Crippen molar-refractivity contribution in [3.8, 4) is 23.5 Å². The summed E-state index contributed by atoms with van der Waals surface area (Å²) in [5, 5.41) is 0. The summed E-state index contributed by atoms with van der Waals surface area (Å²) in [6.07, 6.45) is 22.9. The zero-order chi connectivity index (χ0) is 25.9. The van der Waals surface area contributed by atoms with E-state index in [2.05, 4.69) is 31.9 Å². The molecule has 0 radical (unpaired) electrons. The van der Waals surface area contributed by atoms with Crippen LogP contribution in [0.2, 0.25) is 0 Å². The molecule has 0 spiro atoms. The van der Waals surface area contributed by atoms with Gasteiger partial charge < -0.3 is 0 Å². The molecule has 3 rings (SSSR count). The minimum absolute atomic E-state index is 0.250. The number of hydrogen-bond donors (Lipinski definition) is 0. The maximum absolute atomic E-state index is 13.8. The lowest BCUT2D eigenvalue weighted by molar-refractivity contribution is 0.353. The van der Waals surface area contributed by atoms with Gasteiger partial charge in [0.2, 0.25) is 0 Å². The minimum Gasteiger partial charge on any atom is -0.246 e. The summed E-state index contributed by atoms with van der Waals surface area (Å²) >= 11 is 0. The van der Waals surface area contributed by atoms with Crippen LogP contribution in [0.4, 0.5) is 13.2 Å². The third-order valence-electron chi connectivity index (χ3n) is 7.82.